The smallest absolute Gasteiger partial charge is 0.220 e. The second-order valence-electron chi connectivity index (χ2n) is 6.28. The molecule has 0 atom stereocenters. The minimum Gasteiger partial charge on any atom is -0.353 e. The zero-order chi connectivity index (χ0) is 15.4. The van der Waals surface area contributed by atoms with Gasteiger partial charge in [0.2, 0.25) is 5.91 Å². The first-order valence-electron chi connectivity index (χ1n) is 8.17. The number of piperidine rings is 1. The third-order valence-corrected chi connectivity index (χ3v) is 4.59. The first kappa shape index (κ1) is 15.0. The van der Waals surface area contributed by atoms with Crippen LogP contribution in [0.25, 0.3) is 10.8 Å². The summed E-state index contributed by atoms with van der Waals surface area (Å²) in [6.07, 6.45) is 3.51. The van der Waals surface area contributed by atoms with E-state index in [1.165, 1.54) is 16.3 Å². The fourth-order valence-corrected chi connectivity index (χ4v) is 3.21. The number of carbonyl (C=O) groups is 1. The minimum atomic E-state index is 0.183. The lowest BCUT2D eigenvalue weighted by atomic mass is 10.0. The first-order valence-corrected chi connectivity index (χ1v) is 8.17. The molecule has 1 amide bonds. The summed E-state index contributed by atoms with van der Waals surface area (Å²) in [5, 5.41) is 5.70. The molecule has 0 aromatic heterocycles. The lowest BCUT2D eigenvalue weighted by molar-refractivity contribution is -0.122. The molecule has 0 radical (unpaired) electrons. The number of aryl methyl sites for hydroxylation is 1. The van der Waals surface area contributed by atoms with E-state index in [-0.39, 0.29) is 5.91 Å². The molecule has 1 N–H and O–H groups in total. The van der Waals surface area contributed by atoms with Gasteiger partial charge in [0.15, 0.2) is 0 Å². The molecule has 1 aliphatic rings. The number of hydrogen-bond donors (Lipinski definition) is 1. The van der Waals surface area contributed by atoms with Gasteiger partial charge < -0.3 is 10.2 Å². The summed E-state index contributed by atoms with van der Waals surface area (Å²) < 4.78 is 0. The van der Waals surface area contributed by atoms with Gasteiger partial charge in [-0.3, -0.25) is 4.79 Å². The van der Waals surface area contributed by atoms with Crippen molar-refractivity contribution in [1.82, 2.24) is 10.2 Å². The number of nitrogens with one attached hydrogen (secondary N) is 1. The summed E-state index contributed by atoms with van der Waals surface area (Å²) >= 11 is 0. The molecular formula is C19H24N2O. The van der Waals surface area contributed by atoms with Crippen molar-refractivity contribution in [3.8, 4) is 0 Å². The Bertz CT molecular complexity index is 639. The molecular weight excluding hydrogens is 272 g/mol. The molecule has 2 aromatic carbocycles. The molecule has 3 nitrogen and oxygen atoms in total. The third kappa shape index (κ3) is 3.66. The Kier molecular flexibility index (Phi) is 4.74. The maximum atomic E-state index is 12.2. The second-order valence-corrected chi connectivity index (χ2v) is 6.28. The van der Waals surface area contributed by atoms with Gasteiger partial charge in [-0.1, -0.05) is 42.5 Å². The maximum absolute atomic E-state index is 12.2. The van der Waals surface area contributed by atoms with E-state index in [2.05, 4.69) is 59.7 Å². The van der Waals surface area contributed by atoms with Gasteiger partial charge in [0.1, 0.15) is 0 Å². The van der Waals surface area contributed by atoms with Crippen molar-refractivity contribution in [3.05, 3.63) is 48.0 Å². The van der Waals surface area contributed by atoms with Crippen molar-refractivity contribution in [3.63, 3.8) is 0 Å². The fraction of sp³-hybridized carbons (Fsp3) is 0.421. The summed E-state index contributed by atoms with van der Waals surface area (Å²) in [5.41, 5.74) is 1.26. The number of fused-ring (bicyclic) bond motifs is 1. The Hall–Kier alpha value is -1.87. The van der Waals surface area contributed by atoms with E-state index in [0.717, 1.165) is 32.4 Å². The quantitative estimate of drug-likeness (QED) is 0.940. The van der Waals surface area contributed by atoms with Crippen molar-refractivity contribution < 1.29 is 4.79 Å². The molecule has 2 aromatic rings. The third-order valence-electron chi connectivity index (χ3n) is 4.59. The topological polar surface area (TPSA) is 32.3 Å². The molecule has 3 rings (SSSR count). The molecule has 116 valence electrons. The van der Waals surface area contributed by atoms with Crippen LogP contribution in [0.1, 0.15) is 24.8 Å². The number of nitrogens with zero attached hydrogens (tertiary/aromatic N) is 1. The lowest BCUT2D eigenvalue weighted by Gasteiger charge is -2.29. The van der Waals surface area contributed by atoms with Crippen molar-refractivity contribution in [1.29, 1.82) is 0 Å². The van der Waals surface area contributed by atoms with Crippen LogP contribution in [0.5, 0.6) is 0 Å². The highest BCUT2D eigenvalue weighted by atomic mass is 16.1. The van der Waals surface area contributed by atoms with E-state index >= 15 is 0 Å². The average Bonchev–Trinajstić information content (AvgIpc) is 2.55. The highest BCUT2D eigenvalue weighted by molar-refractivity contribution is 5.86. The summed E-state index contributed by atoms with van der Waals surface area (Å²) in [5.74, 6) is 0.183. The van der Waals surface area contributed by atoms with Crippen LogP contribution in [-0.4, -0.2) is 37.0 Å². The number of rotatable bonds is 4. The SMILES string of the molecule is CN1CCC(NC(=O)CCc2cccc3ccccc23)CC1. The van der Waals surface area contributed by atoms with Gasteiger partial charge in [0, 0.05) is 12.5 Å². The van der Waals surface area contributed by atoms with E-state index in [0.29, 0.717) is 12.5 Å². The highest BCUT2D eigenvalue weighted by Gasteiger charge is 2.18. The number of hydrogen-bond acceptors (Lipinski definition) is 2. The van der Waals surface area contributed by atoms with Crippen LogP contribution in [0, 0.1) is 0 Å². The summed E-state index contributed by atoms with van der Waals surface area (Å²) in [6.45, 7) is 2.16. The average molecular weight is 296 g/mol. The van der Waals surface area contributed by atoms with Gasteiger partial charge in [-0.15, -0.1) is 0 Å². The fourth-order valence-electron chi connectivity index (χ4n) is 3.21. The zero-order valence-electron chi connectivity index (χ0n) is 13.2. The number of benzene rings is 2. The molecule has 22 heavy (non-hydrogen) atoms. The van der Waals surface area contributed by atoms with E-state index in [4.69, 9.17) is 0 Å². The molecule has 0 bridgehead atoms. The molecule has 1 fully saturated rings. The van der Waals surface area contributed by atoms with Gasteiger partial charge in [0.05, 0.1) is 0 Å². The van der Waals surface area contributed by atoms with E-state index in [9.17, 15) is 4.79 Å². The van der Waals surface area contributed by atoms with E-state index in [1.807, 2.05) is 0 Å². The molecule has 0 unspecified atom stereocenters. The van der Waals surface area contributed by atoms with E-state index in [1.54, 1.807) is 0 Å². The van der Waals surface area contributed by atoms with Crippen LogP contribution in [0.2, 0.25) is 0 Å². The van der Waals surface area contributed by atoms with Crippen LogP contribution >= 0.6 is 0 Å². The molecule has 1 aliphatic heterocycles. The predicted molar refractivity (Wildman–Crippen MR) is 90.9 cm³/mol. The van der Waals surface area contributed by atoms with Crippen LogP contribution in [0.4, 0.5) is 0 Å². The Balaban J connectivity index is 1.56. The van der Waals surface area contributed by atoms with Gasteiger partial charge >= 0.3 is 0 Å². The van der Waals surface area contributed by atoms with Gasteiger partial charge in [-0.2, -0.15) is 0 Å². The van der Waals surface area contributed by atoms with Crippen LogP contribution in [-0.2, 0) is 11.2 Å². The Morgan fingerprint density at radius 3 is 2.68 bits per heavy atom. The van der Waals surface area contributed by atoms with Crippen LogP contribution in [0.15, 0.2) is 42.5 Å². The Morgan fingerprint density at radius 2 is 1.86 bits per heavy atom. The second kappa shape index (κ2) is 6.93. The summed E-state index contributed by atoms with van der Waals surface area (Å²) in [7, 11) is 2.14. The minimum absolute atomic E-state index is 0.183. The summed E-state index contributed by atoms with van der Waals surface area (Å²) in [4.78, 5) is 14.5. The number of carbonyl (C=O) groups excluding carboxylic acids is 1. The molecule has 0 spiro atoms. The van der Waals surface area contributed by atoms with Crippen LogP contribution in [0.3, 0.4) is 0 Å². The largest absolute Gasteiger partial charge is 0.353 e. The van der Waals surface area contributed by atoms with Gasteiger partial charge in [-0.05, 0) is 55.7 Å². The summed E-state index contributed by atoms with van der Waals surface area (Å²) in [6, 6.07) is 15.1. The molecule has 0 aliphatic carbocycles. The number of amides is 1. The van der Waals surface area contributed by atoms with Crippen molar-refractivity contribution in [2.75, 3.05) is 20.1 Å². The molecule has 1 heterocycles. The maximum Gasteiger partial charge on any atom is 0.220 e. The molecule has 3 heteroatoms. The van der Waals surface area contributed by atoms with Gasteiger partial charge in [-0.25, -0.2) is 0 Å². The van der Waals surface area contributed by atoms with Crippen molar-refractivity contribution in [2.24, 2.45) is 0 Å². The Labute approximate surface area is 132 Å². The first-order chi connectivity index (χ1) is 10.7. The molecule has 0 saturated carbocycles. The monoisotopic (exact) mass is 296 g/mol. The highest BCUT2D eigenvalue weighted by Crippen LogP contribution is 2.19. The van der Waals surface area contributed by atoms with Crippen molar-refractivity contribution >= 4 is 16.7 Å². The zero-order valence-corrected chi connectivity index (χ0v) is 13.2. The normalized spacial score (nSPS) is 16.8. The van der Waals surface area contributed by atoms with Gasteiger partial charge in [0.25, 0.3) is 0 Å². The standard InChI is InChI=1S/C19H24N2O/c1-21-13-11-17(12-14-21)20-19(22)10-9-16-7-4-6-15-5-2-3-8-18(15)16/h2-8,17H,9-14H2,1H3,(H,20,22). The lowest BCUT2D eigenvalue weighted by Crippen LogP contribution is -2.43. The van der Waals surface area contributed by atoms with Crippen LogP contribution < -0.4 is 5.32 Å². The van der Waals surface area contributed by atoms with Crippen molar-refractivity contribution in [2.45, 2.75) is 31.7 Å². The molecule has 1 saturated heterocycles. The predicted octanol–water partition coefficient (Wildman–Crippen LogP) is 2.98. The Morgan fingerprint density at radius 1 is 1.14 bits per heavy atom. The number of likely N-dealkylation sites (tertiary alicyclic amines) is 1. The van der Waals surface area contributed by atoms with E-state index < -0.39 is 0 Å².